The molecule has 8 nitrogen and oxygen atoms in total. The first-order chi connectivity index (χ1) is 12.1. The van der Waals surface area contributed by atoms with Gasteiger partial charge in [-0.05, 0) is 24.3 Å². The van der Waals surface area contributed by atoms with E-state index < -0.39 is 10.8 Å². The van der Waals surface area contributed by atoms with Gasteiger partial charge in [0.05, 0.1) is 17.7 Å². The molecule has 1 aromatic heterocycles. The summed E-state index contributed by atoms with van der Waals surface area (Å²) in [5.41, 5.74) is 1.22. The molecular formula is C17H14N4O4. The van der Waals surface area contributed by atoms with Crippen molar-refractivity contribution in [3.63, 3.8) is 0 Å². The number of non-ortho nitro benzene ring substituents is 1. The van der Waals surface area contributed by atoms with Crippen LogP contribution in [-0.4, -0.2) is 27.7 Å². The molecule has 0 atom stereocenters. The van der Waals surface area contributed by atoms with Gasteiger partial charge in [-0.2, -0.15) is 5.10 Å². The number of anilines is 1. The fourth-order valence-corrected chi connectivity index (χ4v) is 2.23. The Balaban J connectivity index is 1.79. The second-order valence-electron chi connectivity index (χ2n) is 5.11. The number of nitrogens with zero attached hydrogens (tertiary/aromatic N) is 3. The monoisotopic (exact) mass is 338 g/mol. The van der Waals surface area contributed by atoms with E-state index in [0.717, 1.165) is 0 Å². The third-order valence-corrected chi connectivity index (χ3v) is 3.45. The summed E-state index contributed by atoms with van der Waals surface area (Å²) in [5.74, 6) is 0.234. The molecule has 0 saturated carbocycles. The molecule has 25 heavy (non-hydrogen) atoms. The summed E-state index contributed by atoms with van der Waals surface area (Å²) in [6, 6.07) is 14.5. The van der Waals surface area contributed by atoms with Crippen LogP contribution in [0.3, 0.4) is 0 Å². The van der Waals surface area contributed by atoms with Gasteiger partial charge in [-0.25, -0.2) is 4.68 Å². The van der Waals surface area contributed by atoms with Crippen molar-refractivity contribution in [2.45, 2.75) is 0 Å². The molecule has 0 aliphatic carbocycles. The Bertz CT molecular complexity index is 936. The van der Waals surface area contributed by atoms with E-state index in [4.69, 9.17) is 4.74 Å². The first-order valence-corrected chi connectivity index (χ1v) is 7.33. The lowest BCUT2D eigenvalue weighted by molar-refractivity contribution is -0.384. The fraction of sp³-hybridized carbons (Fsp3) is 0.0588. The van der Waals surface area contributed by atoms with Crippen LogP contribution in [0.5, 0.6) is 5.75 Å². The number of nitrogens with one attached hydrogen (secondary N) is 1. The second-order valence-corrected chi connectivity index (χ2v) is 5.11. The van der Waals surface area contributed by atoms with Crippen LogP contribution in [0.1, 0.15) is 10.5 Å². The zero-order valence-electron chi connectivity index (χ0n) is 13.2. The van der Waals surface area contributed by atoms with Crippen molar-refractivity contribution in [3.05, 3.63) is 76.6 Å². The minimum atomic E-state index is -0.483. The van der Waals surface area contributed by atoms with Gasteiger partial charge in [-0.1, -0.05) is 12.1 Å². The SMILES string of the molecule is COc1cccc(NC(=O)c2ccn(-c3cccc([N+](=O)[O-])c3)n2)c1. The van der Waals surface area contributed by atoms with Crippen molar-refractivity contribution in [1.82, 2.24) is 9.78 Å². The van der Waals surface area contributed by atoms with E-state index in [9.17, 15) is 14.9 Å². The molecule has 1 heterocycles. The third-order valence-electron chi connectivity index (χ3n) is 3.45. The molecular weight excluding hydrogens is 324 g/mol. The molecule has 0 bridgehead atoms. The number of carbonyl (C=O) groups excluding carboxylic acids is 1. The van der Waals surface area contributed by atoms with Gasteiger partial charge >= 0.3 is 0 Å². The summed E-state index contributed by atoms with van der Waals surface area (Å²) < 4.78 is 6.52. The zero-order chi connectivity index (χ0) is 17.8. The van der Waals surface area contributed by atoms with Crippen LogP contribution in [0.4, 0.5) is 11.4 Å². The summed E-state index contributed by atoms with van der Waals surface area (Å²) >= 11 is 0. The summed E-state index contributed by atoms with van der Waals surface area (Å²) in [5, 5.41) is 17.7. The largest absolute Gasteiger partial charge is 0.497 e. The quantitative estimate of drug-likeness (QED) is 0.569. The van der Waals surface area contributed by atoms with E-state index in [0.29, 0.717) is 17.1 Å². The number of amides is 1. The van der Waals surface area contributed by atoms with Crippen molar-refractivity contribution in [3.8, 4) is 11.4 Å². The predicted octanol–water partition coefficient (Wildman–Crippen LogP) is 3.04. The highest BCUT2D eigenvalue weighted by Gasteiger charge is 2.12. The van der Waals surface area contributed by atoms with E-state index in [1.54, 1.807) is 49.7 Å². The van der Waals surface area contributed by atoms with Gasteiger partial charge < -0.3 is 10.1 Å². The van der Waals surface area contributed by atoms with Crippen LogP contribution in [0.25, 0.3) is 5.69 Å². The van der Waals surface area contributed by atoms with Crippen LogP contribution in [0.2, 0.25) is 0 Å². The highest BCUT2D eigenvalue weighted by Crippen LogP contribution is 2.18. The molecule has 0 saturated heterocycles. The van der Waals surface area contributed by atoms with E-state index >= 15 is 0 Å². The van der Waals surface area contributed by atoms with E-state index in [1.807, 2.05) is 0 Å². The van der Waals surface area contributed by atoms with Crippen LogP contribution >= 0.6 is 0 Å². The van der Waals surface area contributed by atoms with Gasteiger partial charge in [0, 0.05) is 30.1 Å². The highest BCUT2D eigenvalue weighted by molar-refractivity contribution is 6.02. The number of benzene rings is 2. The van der Waals surface area contributed by atoms with E-state index in [2.05, 4.69) is 10.4 Å². The third kappa shape index (κ3) is 3.63. The molecule has 0 radical (unpaired) electrons. The molecule has 126 valence electrons. The number of hydrogen-bond acceptors (Lipinski definition) is 5. The molecule has 0 spiro atoms. The number of aromatic nitrogens is 2. The Morgan fingerprint density at radius 3 is 2.76 bits per heavy atom. The zero-order valence-corrected chi connectivity index (χ0v) is 13.2. The molecule has 0 fully saturated rings. The Labute approximate surface area is 142 Å². The van der Waals surface area contributed by atoms with Gasteiger partial charge in [-0.3, -0.25) is 14.9 Å². The number of methoxy groups -OCH3 is 1. The number of hydrogen-bond donors (Lipinski definition) is 1. The van der Waals surface area contributed by atoms with Gasteiger partial charge in [0.15, 0.2) is 5.69 Å². The minimum absolute atomic E-state index is 0.0459. The number of carbonyl (C=O) groups is 1. The van der Waals surface area contributed by atoms with Crippen molar-refractivity contribution < 1.29 is 14.5 Å². The van der Waals surface area contributed by atoms with Crippen LogP contribution in [0.15, 0.2) is 60.8 Å². The first-order valence-electron chi connectivity index (χ1n) is 7.33. The maximum absolute atomic E-state index is 12.3. The molecule has 0 unspecified atom stereocenters. The summed E-state index contributed by atoms with van der Waals surface area (Å²) in [6.07, 6.45) is 1.57. The summed E-state index contributed by atoms with van der Waals surface area (Å²) in [4.78, 5) is 22.7. The van der Waals surface area contributed by atoms with Gasteiger partial charge in [-0.15, -0.1) is 0 Å². The van der Waals surface area contributed by atoms with Gasteiger partial charge in [0.1, 0.15) is 5.75 Å². The Hall–Kier alpha value is -3.68. The predicted molar refractivity (Wildman–Crippen MR) is 91.2 cm³/mol. The van der Waals surface area contributed by atoms with Crippen molar-refractivity contribution >= 4 is 17.3 Å². The number of ether oxygens (including phenoxy) is 1. The Kier molecular flexibility index (Phi) is 4.42. The maximum atomic E-state index is 12.3. The molecule has 0 aliphatic rings. The minimum Gasteiger partial charge on any atom is -0.497 e. The standard InChI is InChI=1S/C17H14N4O4/c1-25-15-7-2-4-12(10-15)18-17(22)16-8-9-20(19-16)13-5-3-6-14(11-13)21(23)24/h2-11H,1H3,(H,18,22). The van der Waals surface area contributed by atoms with Crippen molar-refractivity contribution in [2.24, 2.45) is 0 Å². The fourth-order valence-electron chi connectivity index (χ4n) is 2.23. The van der Waals surface area contributed by atoms with Crippen molar-refractivity contribution in [1.29, 1.82) is 0 Å². The van der Waals surface area contributed by atoms with Gasteiger partial charge in [0.25, 0.3) is 11.6 Å². The molecule has 1 N–H and O–H groups in total. The summed E-state index contributed by atoms with van der Waals surface area (Å²) in [7, 11) is 1.54. The smallest absolute Gasteiger partial charge is 0.276 e. The molecule has 3 aromatic rings. The number of rotatable bonds is 5. The Morgan fingerprint density at radius 1 is 1.20 bits per heavy atom. The van der Waals surface area contributed by atoms with Crippen LogP contribution in [-0.2, 0) is 0 Å². The number of nitro groups is 1. The number of nitro benzene ring substituents is 1. The average molecular weight is 338 g/mol. The maximum Gasteiger partial charge on any atom is 0.276 e. The lowest BCUT2D eigenvalue weighted by Crippen LogP contribution is -2.13. The van der Waals surface area contributed by atoms with Gasteiger partial charge in [0.2, 0.25) is 0 Å². The average Bonchev–Trinajstić information content (AvgIpc) is 3.12. The topological polar surface area (TPSA) is 99.3 Å². The van der Waals surface area contributed by atoms with Crippen molar-refractivity contribution in [2.75, 3.05) is 12.4 Å². The van der Waals surface area contributed by atoms with Crippen LogP contribution in [0, 0.1) is 10.1 Å². The molecule has 1 amide bonds. The molecule has 3 rings (SSSR count). The molecule has 8 heteroatoms. The summed E-state index contributed by atoms with van der Waals surface area (Å²) in [6.45, 7) is 0. The second kappa shape index (κ2) is 6.83. The lowest BCUT2D eigenvalue weighted by Gasteiger charge is -2.05. The normalized spacial score (nSPS) is 10.3. The lowest BCUT2D eigenvalue weighted by atomic mass is 10.3. The first kappa shape index (κ1) is 16.2. The van der Waals surface area contributed by atoms with E-state index in [-0.39, 0.29) is 11.4 Å². The Morgan fingerprint density at radius 2 is 2.00 bits per heavy atom. The molecule has 2 aromatic carbocycles. The molecule has 0 aliphatic heterocycles. The van der Waals surface area contributed by atoms with E-state index in [1.165, 1.54) is 22.9 Å². The van der Waals surface area contributed by atoms with Crippen LogP contribution < -0.4 is 10.1 Å². The highest BCUT2D eigenvalue weighted by atomic mass is 16.6.